The van der Waals surface area contributed by atoms with Gasteiger partial charge in [0.1, 0.15) is 16.5 Å². The number of nitro benzene ring substituents is 1. The lowest BCUT2D eigenvalue weighted by Crippen LogP contribution is -2.06. The summed E-state index contributed by atoms with van der Waals surface area (Å²) >= 11 is 5.82. The molecule has 3 rings (SSSR count). The van der Waals surface area contributed by atoms with E-state index in [0.29, 0.717) is 30.3 Å². The molecule has 0 fully saturated rings. The Morgan fingerprint density at radius 1 is 1.17 bits per heavy atom. The van der Waals surface area contributed by atoms with E-state index in [1.807, 2.05) is 13.8 Å². The van der Waals surface area contributed by atoms with Crippen LogP contribution in [0.2, 0.25) is 5.02 Å². The highest BCUT2D eigenvalue weighted by Crippen LogP contribution is 2.30. The van der Waals surface area contributed by atoms with Crippen molar-refractivity contribution in [2.75, 3.05) is 13.2 Å². The van der Waals surface area contributed by atoms with Crippen molar-refractivity contribution >= 4 is 35.2 Å². The van der Waals surface area contributed by atoms with Crippen LogP contribution in [0.15, 0.2) is 47.1 Å². The second kappa shape index (κ2) is 8.74. The summed E-state index contributed by atoms with van der Waals surface area (Å²) in [6, 6.07) is 9.29. The minimum Gasteiger partial charge on any atom is -0.494 e. The van der Waals surface area contributed by atoms with Crippen LogP contribution in [0.5, 0.6) is 11.5 Å². The van der Waals surface area contributed by atoms with Gasteiger partial charge in [0, 0.05) is 23.3 Å². The zero-order valence-electron chi connectivity index (χ0n) is 15.7. The van der Waals surface area contributed by atoms with Crippen LogP contribution in [-0.4, -0.2) is 30.0 Å². The van der Waals surface area contributed by atoms with Crippen molar-refractivity contribution in [2.24, 2.45) is 4.99 Å². The number of benzene rings is 2. The monoisotopic (exact) mass is 416 g/mol. The molecule has 2 aromatic carbocycles. The normalized spacial score (nSPS) is 14.5. The molecule has 0 amide bonds. The molecule has 0 unspecified atom stereocenters. The number of rotatable bonds is 7. The van der Waals surface area contributed by atoms with Crippen LogP contribution >= 0.6 is 11.6 Å². The van der Waals surface area contributed by atoms with E-state index in [9.17, 15) is 14.9 Å². The Hall–Kier alpha value is -3.39. The fourth-order valence-corrected chi connectivity index (χ4v) is 2.82. The van der Waals surface area contributed by atoms with Crippen molar-refractivity contribution in [1.82, 2.24) is 0 Å². The second-order valence-electron chi connectivity index (χ2n) is 5.83. The quantitative estimate of drug-likeness (QED) is 0.287. The van der Waals surface area contributed by atoms with E-state index in [1.165, 1.54) is 24.3 Å². The van der Waals surface area contributed by atoms with Crippen LogP contribution < -0.4 is 9.47 Å². The number of halogens is 1. The predicted octanol–water partition coefficient (Wildman–Crippen LogP) is 4.39. The SMILES string of the molecule is CCOc1ccc(C=C2N=C(c3ccc(Cl)c([N+](=O)[O-])c3)OC2=O)c(OCC)c1. The summed E-state index contributed by atoms with van der Waals surface area (Å²) in [5.41, 5.74) is 0.636. The highest BCUT2D eigenvalue weighted by Gasteiger charge is 2.26. The minimum atomic E-state index is -0.672. The van der Waals surface area contributed by atoms with Gasteiger partial charge in [0.2, 0.25) is 5.90 Å². The molecule has 0 spiro atoms. The number of cyclic esters (lactones) is 1. The summed E-state index contributed by atoms with van der Waals surface area (Å²) in [5.74, 6) is 0.466. The first-order chi connectivity index (χ1) is 13.9. The summed E-state index contributed by atoms with van der Waals surface area (Å²) in [5, 5.41) is 11.1. The van der Waals surface area contributed by atoms with Gasteiger partial charge in [-0.15, -0.1) is 0 Å². The van der Waals surface area contributed by atoms with Gasteiger partial charge in [-0.25, -0.2) is 9.79 Å². The van der Waals surface area contributed by atoms with Gasteiger partial charge in [0.05, 0.1) is 18.1 Å². The third kappa shape index (κ3) is 4.55. The first kappa shape index (κ1) is 20.3. The number of carbonyl (C=O) groups excluding carboxylic acids is 1. The third-order valence-electron chi connectivity index (χ3n) is 3.90. The van der Waals surface area contributed by atoms with Gasteiger partial charge in [-0.3, -0.25) is 10.1 Å². The van der Waals surface area contributed by atoms with Gasteiger partial charge in [-0.2, -0.15) is 0 Å². The molecular weight excluding hydrogens is 400 g/mol. The summed E-state index contributed by atoms with van der Waals surface area (Å²) in [7, 11) is 0. The molecule has 0 aromatic heterocycles. The van der Waals surface area contributed by atoms with Crippen molar-refractivity contribution in [3.8, 4) is 11.5 Å². The maximum absolute atomic E-state index is 12.3. The smallest absolute Gasteiger partial charge is 0.363 e. The van der Waals surface area contributed by atoms with Gasteiger partial charge in [-0.1, -0.05) is 11.6 Å². The van der Waals surface area contributed by atoms with Crippen LogP contribution in [0.3, 0.4) is 0 Å². The molecule has 1 aliphatic rings. The van der Waals surface area contributed by atoms with Crippen LogP contribution in [0, 0.1) is 10.1 Å². The maximum Gasteiger partial charge on any atom is 0.363 e. The average molecular weight is 417 g/mol. The lowest BCUT2D eigenvalue weighted by molar-refractivity contribution is -0.384. The maximum atomic E-state index is 12.3. The summed E-state index contributed by atoms with van der Waals surface area (Å²) < 4.78 is 16.3. The highest BCUT2D eigenvalue weighted by molar-refractivity contribution is 6.32. The van der Waals surface area contributed by atoms with E-state index < -0.39 is 10.9 Å². The van der Waals surface area contributed by atoms with Crippen LogP contribution in [0.1, 0.15) is 25.0 Å². The molecule has 150 valence electrons. The number of esters is 1. The van der Waals surface area contributed by atoms with E-state index in [2.05, 4.69) is 4.99 Å². The summed E-state index contributed by atoms with van der Waals surface area (Å²) in [6.07, 6.45) is 1.53. The second-order valence-corrected chi connectivity index (χ2v) is 6.23. The van der Waals surface area contributed by atoms with Crippen molar-refractivity contribution in [3.63, 3.8) is 0 Å². The molecule has 0 aliphatic carbocycles. The predicted molar refractivity (Wildman–Crippen MR) is 107 cm³/mol. The van der Waals surface area contributed by atoms with E-state index in [-0.39, 0.29) is 27.9 Å². The molecule has 0 saturated heterocycles. The lowest BCUT2D eigenvalue weighted by Gasteiger charge is -2.10. The molecule has 1 heterocycles. The Balaban J connectivity index is 1.97. The van der Waals surface area contributed by atoms with Crippen molar-refractivity contribution < 1.29 is 23.9 Å². The van der Waals surface area contributed by atoms with E-state index in [0.717, 1.165) is 0 Å². The summed E-state index contributed by atoms with van der Waals surface area (Å²) in [6.45, 7) is 4.66. The molecule has 2 aromatic rings. The molecule has 0 atom stereocenters. The first-order valence-corrected chi connectivity index (χ1v) is 9.17. The number of aliphatic imine (C=N–C) groups is 1. The van der Waals surface area contributed by atoms with Crippen LogP contribution in [-0.2, 0) is 9.53 Å². The standard InChI is InChI=1S/C20H17ClN2O6/c1-3-27-14-7-5-12(18(11-14)28-4-2)9-16-20(24)29-19(22-16)13-6-8-15(21)17(10-13)23(25)26/h5-11H,3-4H2,1-2H3. The molecule has 1 aliphatic heterocycles. The van der Waals surface area contributed by atoms with Gasteiger partial charge >= 0.3 is 5.97 Å². The van der Waals surface area contributed by atoms with Gasteiger partial charge in [0.25, 0.3) is 5.69 Å². The zero-order valence-corrected chi connectivity index (χ0v) is 16.4. The molecular formula is C20H17ClN2O6. The Labute approximate surface area is 171 Å². The minimum absolute atomic E-state index is 0.0183. The molecule has 0 bridgehead atoms. The number of nitrogens with zero attached hydrogens (tertiary/aromatic N) is 2. The first-order valence-electron chi connectivity index (χ1n) is 8.79. The van der Waals surface area contributed by atoms with Crippen molar-refractivity contribution in [1.29, 1.82) is 0 Å². The molecule has 0 radical (unpaired) electrons. The number of nitro groups is 1. The average Bonchev–Trinajstić information content (AvgIpc) is 3.05. The molecule has 0 N–H and O–H groups in total. The largest absolute Gasteiger partial charge is 0.494 e. The lowest BCUT2D eigenvalue weighted by atomic mass is 10.1. The Morgan fingerprint density at radius 2 is 1.93 bits per heavy atom. The van der Waals surface area contributed by atoms with Gasteiger partial charge < -0.3 is 14.2 Å². The molecule has 9 heteroatoms. The Bertz CT molecular complexity index is 1030. The van der Waals surface area contributed by atoms with Crippen LogP contribution in [0.25, 0.3) is 6.08 Å². The van der Waals surface area contributed by atoms with E-state index in [1.54, 1.807) is 18.2 Å². The number of ether oxygens (including phenoxy) is 3. The Morgan fingerprint density at radius 3 is 2.62 bits per heavy atom. The van der Waals surface area contributed by atoms with Crippen LogP contribution in [0.4, 0.5) is 5.69 Å². The molecule has 29 heavy (non-hydrogen) atoms. The highest BCUT2D eigenvalue weighted by atomic mass is 35.5. The van der Waals surface area contributed by atoms with E-state index in [4.69, 9.17) is 25.8 Å². The van der Waals surface area contributed by atoms with Crippen molar-refractivity contribution in [3.05, 3.63) is 68.4 Å². The number of hydrogen-bond donors (Lipinski definition) is 0. The molecule has 8 nitrogen and oxygen atoms in total. The number of hydrogen-bond acceptors (Lipinski definition) is 7. The fourth-order valence-electron chi connectivity index (χ4n) is 2.64. The van der Waals surface area contributed by atoms with Gasteiger partial charge in [0.15, 0.2) is 5.70 Å². The van der Waals surface area contributed by atoms with E-state index >= 15 is 0 Å². The molecule has 0 saturated carbocycles. The van der Waals surface area contributed by atoms with Gasteiger partial charge in [-0.05, 0) is 44.2 Å². The fraction of sp³-hybridized carbons (Fsp3) is 0.200. The summed E-state index contributed by atoms with van der Waals surface area (Å²) in [4.78, 5) is 26.9. The zero-order chi connectivity index (χ0) is 21.0. The third-order valence-corrected chi connectivity index (χ3v) is 4.22. The topological polar surface area (TPSA) is 100 Å². The van der Waals surface area contributed by atoms with Crippen molar-refractivity contribution in [2.45, 2.75) is 13.8 Å². The number of carbonyl (C=O) groups is 1. The Kier molecular flexibility index (Phi) is 6.13.